The Labute approximate surface area is 122 Å². The highest BCUT2D eigenvalue weighted by Gasteiger charge is 2.21. The molecule has 0 saturated heterocycles. The average molecular weight is 286 g/mol. The van der Waals surface area contributed by atoms with Crippen LogP contribution >= 0.6 is 0 Å². The number of hydrogen-bond acceptors (Lipinski definition) is 6. The molecule has 0 aliphatic carbocycles. The fraction of sp³-hybridized carbons (Fsp3) is 0.133. The van der Waals surface area contributed by atoms with Gasteiger partial charge in [0.15, 0.2) is 5.71 Å². The third-order valence-electron chi connectivity index (χ3n) is 2.55. The number of esters is 1. The molecule has 0 aliphatic rings. The lowest BCUT2D eigenvalue weighted by Crippen LogP contribution is -2.18. The van der Waals surface area contributed by atoms with E-state index in [0.717, 1.165) is 0 Å². The predicted molar refractivity (Wildman–Crippen MR) is 76.3 cm³/mol. The van der Waals surface area contributed by atoms with Gasteiger partial charge < -0.3 is 14.3 Å². The van der Waals surface area contributed by atoms with Crippen LogP contribution in [0.2, 0.25) is 0 Å². The largest absolute Gasteiger partial charge is 0.464 e. The molecule has 1 aromatic heterocycles. The van der Waals surface area contributed by atoms with Crippen molar-refractivity contribution in [1.29, 1.82) is 0 Å². The maximum absolute atomic E-state index is 11.8. The van der Waals surface area contributed by atoms with Crippen LogP contribution in [0.3, 0.4) is 0 Å². The molecule has 0 unspecified atom stereocenters. The smallest absolute Gasteiger partial charge is 0.360 e. The highest BCUT2D eigenvalue weighted by molar-refractivity contribution is 6.43. The van der Waals surface area contributed by atoms with E-state index in [9.17, 15) is 4.79 Å². The van der Waals surface area contributed by atoms with E-state index in [2.05, 4.69) is 10.1 Å². The molecule has 2 rings (SSSR count). The van der Waals surface area contributed by atoms with E-state index in [-0.39, 0.29) is 11.6 Å². The Balaban J connectivity index is 2.40. The maximum atomic E-state index is 11.8. The summed E-state index contributed by atoms with van der Waals surface area (Å²) in [5, 5.41) is 3.69. The molecule has 6 heteroatoms. The molecule has 1 heterocycles. The van der Waals surface area contributed by atoms with Gasteiger partial charge in [-0.05, 0) is 24.3 Å². The fourth-order valence-electron chi connectivity index (χ4n) is 1.64. The molecule has 0 atom stereocenters. The summed E-state index contributed by atoms with van der Waals surface area (Å²) >= 11 is 0. The number of ether oxygens (including phenoxy) is 2. The van der Waals surface area contributed by atoms with Gasteiger partial charge in [-0.15, -0.1) is 0 Å². The Bertz CT molecular complexity index is 641. The van der Waals surface area contributed by atoms with Crippen LogP contribution < -0.4 is 4.74 Å². The molecule has 0 fully saturated rings. The SMILES string of the molecule is CON=C(C(=O)OC)c1cccnc1Oc1ccccc1. The van der Waals surface area contributed by atoms with Crippen LogP contribution in [0, 0.1) is 0 Å². The van der Waals surface area contributed by atoms with E-state index in [1.807, 2.05) is 18.2 Å². The Morgan fingerprint density at radius 2 is 1.86 bits per heavy atom. The van der Waals surface area contributed by atoms with Gasteiger partial charge in [0, 0.05) is 6.20 Å². The van der Waals surface area contributed by atoms with Crippen molar-refractivity contribution < 1.29 is 19.1 Å². The van der Waals surface area contributed by atoms with Crippen LogP contribution in [0.15, 0.2) is 53.8 Å². The van der Waals surface area contributed by atoms with Crippen molar-refractivity contribution >= 4 is 11.7 Å². The number of benzene rings is 1. The minimum absolute atomic E-state index is 0.0148. The third kappa shape index (κ3) is 3.56. The second kappa shape index (κ2) is 7.04. The summed E-state index contributed by atoms with van der Waals surface area (Å²) < 4.78 is 10.4. The van der Waals surface area contributed by atoms with Gasteiger partial charge in [0.25, 0.3) is 0 Å². The van der Waals surface area contributed by atoms with E-state index in [1.165, 1.54) is 14.2 Å². The van der Waals surface area contributed by atoms with Crippen molar-refractivity contribution in [3.8, 4) is 11.6 Å². The van der Waals surface area contributed by atoms with Crippen LogP contribution in [0.5, 0.6) is 11.6 Å². The topological polar surface area (TPSA) is 70.0 Å². The molecule has 0 amide bonds. The molecule has 21 heavy (non-hydrogen) atoms. The normalized spacial score (nSPS) is 10.9. The summed E-state index contributed by atoms with van der Waals surface area (Å²) in [5.74, 6) is 0.201. The van der Waals surface area contributed by atoms with Crippen molar-refractivity contribution in [3.05, 3.63) is 54.2 Å². The molecule has 0 saturated carbocycles. The molecule has 108 valence electrons. The summed E-state index contributed by atoms with van der Waals surface area (Å²) in [6.07, 6.45) is 1.56. The summed E-state index contributed by atoms with van der Waals surface area (Å²) in [4.78, 5) is 20.6. The van der Waals surface area contributed by atoms with Crippen molar-refractivity contribution in [2.75, 3.05) is 14.2 Å². The van der Waals surface area contributed by atoms with Gasteiger partial charge in [-0.1, -0.05) is 23.4 Å². The summed E-state index contributed by atoms with van der Waals surface area (Å²) in [6, 6.07) is 12.4. The molecule has 2 aromatic rings. The van der Waals surface area contributed by atoms with Crippen molar-refractivity contribution in [3.63, 3.8) is 0 Å². The van der Waals surface area contributed by atoms with Crippen molar-refractivity contribution in [1.82, 2.24) is 4.98 Å². The quantitative estimate of drug-likeness (QED) is 0.479. The van der Waals surface area contributed by atoms with E-state index >= 15 is 0 Å². The molecule has 0 bridgehead atoms. The maximum Gasteiger partial charge on any atom is 0.360 e. The third-order valence-corrected chi connectivity index (χ3v) is 2.55. The second-order valence-corrected chi connectivity index (χ2v) is 3.89. The number of pyridine rings is 1. The van der Waals surface area contributed by atoms with Crippen LogP contribution in [0.1, 0.15) is 5.56 Å². The standard InChI is InChI=1S/C15H14N2O4/c1-19-15(18)13(17-20-2)12-9-6-10-16-14(12)21-11-7-4-3-5-8-11/h3-10H,1-2H3. The van der Waals surface area contributed by atoms with Crippen LogP contribution in [-0.2, 0) is 14.4 Å². The number of carbonyl (C=O) groups is 1. The van der Waals surface area contributed by atoms with E-state index in [4.69, 9.17) is 14.3 Å². The number of oxime groups is 1. The van der Waals surface area contributed by atoms with Gasteiger partial charge in [0.05, 0.1) is 12.7 Å². The van der Waals surface area contributed by atoms with E-state index in [1.54, 1.807) is 30.5 Å². The Hall–Kier alpha value is -2.89. The van der Waals surface area contributed by atoms with Gasteiger partial charge in [0.2, 0.25) is 5.88 Å². The first kappa shape index (κ1) is 14.5. The first-order valence-electron chi connectivity index (χ1n) is 6.14. The number of hydrogen-bond donors (Lipinski definition) is 0. The number of carbonyl (C=O) groups excluding carboxylic acids is 1. The van der Waals surface area contributed by atoms with Crippen molar-refractivity contribution in [2.45, 2.75) is 0 Å². The predicted octanol–water partition coefficient (Wildman–Crippen LogP) is 2.40. The monoisotopic (exact) mass is 286 g/mol. The molecule has 1 aromatic carbocycles. The number of rotatable bonds is 5. The molecular formula is C15H14N2O4. The second-order valence-electron chi connectivity index (χ2n) is 3.89. The number of para-hydroxylation sites is 1. The van der Waals surface area contributed by atoms with Crippen LogP contribution in [0.25, 0.3) is 0 Å². The van der Waals surface area contributed by atoms with Gasteiger partial charge in [0.1, 0.15) is 12.9 Å². The number of methoxy groups -OCH3 is 1. The molecule has 0 spiro atoms. The van der Waals surface area contributed by atoms with E-state index < -0.39 is 5.97 Å². The summed E-state index contributed by atoms with van der Waals surface area (Å²) in [7, 11) is 2.61. The number of nitrogens with zero attached hydrogens (tertiary/aromatic N) is 2. The lowest BCUT2D eigenvalue weighted by Gasteiger charge is -2.10. The fourth-order valence-corrected chi connectivity index (χ4v) is 1.64. The molecule has 6 nitrogen and oxygen atoms in total. The first-order valence-corrected chi connectivity index (χ1v) is 6.14. The van der Waals surface area contributed by atoms with Gasteiger partial charge in [-0.25, -0.2) is 9.78 Å². The lowest BCUT2D eigenvalue weighted by atomic mass is 10.1. The number of aromatic nitrogens is 1. The Kier molecular flexibility index (Phi) is 4.87. The minimum Gasteiger partial charge on any atom is -0.464 e. The average Bonchev–Trinajstić information content (AvgIpc) is 2.54. The first-order chi connectivity index (χ1) is 10.3. The van der Waals surface area contributed by atoms with Gasteiger partial charge >= 0.3 is 5.97 Å². The summed E-state index contributed by atoms with van der Waals surface area (Å²) in [6.45, 7) is 0. The molecular weight excluding hydrogens is 272 g/mol. The minimum atomic E-state index is -0.636. The highest BCUT2D eigenvalue weighted by atomic mass is 16.6. The Morgan fingerprint density at radius 1 is 1.10 bits per heavy atom. The highest BCUT2D eigenvalue weighted by Crippen LogP contribution is 2.23. The van der Waals surface area contributed by atoms with Gasteiger partial charge in [-0.2, -0.15) is 0 Å². The lowest BCUT2D eigenvalue weighted by molar-refractivity contribution is -0.132. The molecule has 0 N–H and O–H groups in total. The van der Waals surface area contributed by atoms with Crippen molar-refractivity contribution in [2.24, 2.45) is 5.16 Å². The van der Waals surface area contributed by atoms with Gasteiger partial charge in [-0.3, -0.25) is 0 Å². The zero-order chi connectivity index (χ0) is 15.1. The zero-order valence-corrected chi connectivity index (χ0v) is 11.6. The van der Waals surface area contributed by atoms with Crippen LogP contribution in [-0.4, -0.2) is 30.9 Å². The Morgan fingerprint density at radius 3 is 2.52 bits per heavy atom. The van der Waals surface area contributed by atoms with E-state index in [0.29, 0.717) is 11.3 Å². The summed E-state index contributed by atoms with van der Waals surface area (Å²) in [5.41, 5.74) is 0.370. The van der Waals surface area contributed by atoms with Crippen LogP contribution in [0.4, 0.5) is 0 Å². The molecule has 0 radical (unpaired) electrons. The molecule has 0 aliphatic heterocycles. The zero-order valence-electron chi connectivity index (χ0n) is 11.6.